The highest BCUT2D eigenvalue weighted by molar-refractivity contribution is 5.37. The van der Waals surface area contributed by atoms with Crippen LogP contribution in [0.3, 0.4) is 0 Å². The van der Waals surface area contributed by atoms with Gasteiger partial charge in [-0.05, 0) is 31.5 Å². The fourth-order valence-electron chi connectivity index (χ4n) is 2.18. The van der Waals surface area contributed by atoms with Crippen LogP contribution in [-0.2, 0) is 0 Å². The summed E-state index contributed by atoms with van der Waals surface area (Å²) in [6.07, 6.45) is 2.18. The number of nitrogens with zero attached hydrogens (tertiary/aromatic N) is 3. The highest BCUT2D eigenvalue weighted by Crippen LogP contribution is 2.26. The van der Waals surface area contributed by atoms with E-state index < -0.39 is 4.92 Å². The van der Waals surface area contributed by atoms with Crippen molar-refractivity contribution in [1.82, 2.24) is 4.90 Å². The molecule has 1 fully saturated rings. The summed E-state index contributed by atoms with van der Waals surface area (Å²) in [7, 11) is 0. The molecule has 1 aromatic rings. The number of likely N-dealkylation sites (tertiary alicyclic amines) is 1. The minimum atomic E-state index is -0.429. The Labute approximate surface area is 99.4 Å². The molecular formula is C12H13N3O2. The Balaban J connectivity index is 2.27. The van der Waals surface area contributed by atoms with Crippen LogP contribution in [0, 0.1) is 21.4 Å². The number of rotatable bonds is 3. The second kappa shape index (κ2) is 4.93. The lowest BCUT2D eigenvalue weighted by Crippen LogP contribution is -2.24. The highest BCUT2D eigenvalue weighted by atomic mass is 16.6. The van der Waals surface area contributed by atoms with Crippen LogP contribution in [0.15, 0.2) is 24.3 Å². The Morgan fingerprint density at radius 1 is 1.41 bits per heavy atom. The summed E-state index contributed by atoms with van der Waals surface area (Å²) in [5.41, 5.74) is 0.755. The van der Waals surface area contributed by atoms with E-state index >= 15 is 0 Å². The van der Waals surface area contributed by atoms with Crippen LogP contribution in [0.4, 0.5) is 5.69 Å². The van der Waals surface area contributed by atoms with E-state index in [1.54, 1.807) is 12.1 Å². The second-order valence-corrected chi connectivity index (χ2v) is 4.13. The fraction of sp³-hybridized carbons (Fsp3) is 0.417. The van der Waals surface area contributed by atoms with Crippen molar-refractivity contribution in [2.45, 2.75) is 18.9 Å². The monoisotopic (exact) mass is 231 g/mol. The van der Waals surface area contributed by atoms with Gasteiger partial charge in [0.05, 0.1) is 11.0 Å². The fourth-order valence-corrected chi connectivity index (χ4v) is 2.18. The molecule has 0 bridgehead atoms. The van der Waals surface area contributed by atoms with Gasteiger partial charge in [-0.1, -0.05) is 12.1 Å². The first kappa shape index (κ1) is 11.6. The molecule has 1 aliphatic rings. The molecule has 1 heterocycles. The molecule has 1 unspecified atom stereocenters. The Morgan fingerprint density at radius 2 is 2.12 bits per heavy atom. The largest absolute Gasteiger partial charge is 0.284 e. The Bertz CT molecular complexity index is 461. The normalized spacial score (nSPS) is 17.6. The van der Waals surface area contributed by atoms with E-state index in [1.165, 1.54) is 12.1 Å². The van der Waals surface area contributed by atoms with E-state index in [1.807, 2.05) is 0 Å². The third kappa shape index (κ3) is 2.43. The number of nitro groups is 1. The van der Waals surface area contributed by atoms with Gasteiger partial charge < -0.3 is 0 Å². The molecule has 5 nitrogen and oxygen atoms in total. The zero-order valence-electron chi connectivity index (χ0n) is 9.37. The van der Waals surface area contributed by atoms with Crippen molar-refractivity contribution < 1.29 is 4.92 Å². The molecule has 17 heavy (non-hydrogen) atoms. The van der Waals surface area contributed by atoms with E-state index in [9.17, 15) is 15.4 Å². The average molecular weight is 231 g/mol. The Kier molecular flexibility index (Phi) is 3.35. The first-order chi connectivity index (χ1) is 8.22. The van der Waals surface area contributed by atoms with Gasteiger partial charge in [-0.25, -0.2) is 0 Å². The summed E-state index contributed by atoms with van der Waals surface area (Å²) in [6.45, 7) is 1.78. The number of nitriles is 1. The number of hydrogen-bond donors (Lipinski definition) is 0. The number of nitro benzene ring substituents is 1. The quantitative estimate of drug-likeness (QED) is 0.591. The molecule has 88 valence electrons. The summed E-state index contributed by atoms with van der Waals surface area (Å²) in [4.78, 5) is 12.3. The zero-order valence-corrected chi connectivity index (χ0v) is 9.37. The van der Waals surface area contributed by atoms with Gasteiger partial charge in [-0.3, -0.25) is 15.0 Å². The van der Waals surface area contributed by atoms with Crippen molar-refractivity contribution in [3.63, 3.8) is 0 Å². The smallest absolute Gasteiger partial charge is 0.269 e. The standard InChI is InChI=1S/C12H13N3O2/c13-9-12(14-6-1-2-7-14)10-4-3-5-11(8-10)15(16)17/h3-5,8,12H,1-2,6-7H2. The Morgan fingerprint density at radius 3 is 2.71 bits per heavy atom. The van der Waals surface area contributed by atoms with Crippen LogP contribution in [0.5, 0.6) is 0 Å². The third-order valence-electron chi connectivity index (χ3n) is 3.02. The van der Waals surface area contributed by atoms with Crippen molar-refractivity contribution in [1.29, 1.82) is 5.26 Å². The molecule has 1 saturated heterocycles. The zero-order chi connectivity index (χ0) is 12.3. The molecule has 0 aromatic heterocycles. The number of non-ortho nitro benzene ring substituents is 1. The predicted octanol–water partition coefficient (Wildman–Crippen LogP) is 2.26. The van der Waals surface area contributed by atoms with E-state index in [2.05, 4.69) is 11.0 Å². The van der Waals surface area contributed by atoms with Crippen molar-refractivity contribution >= 4 is 5.69 Å². The number of hydrogen-bond acceptors (Lipinski definition) is 4. The molecule has 0 amide bonds. The maximum Gasteiger partial charge on any atom is 0.269 e. The van der Waals surface area contributed by atoms with Gasteiger partial charge in [0, 0.05) is 12.1 Å². The van der Waals surface area contributed by atoms with Crippen LogP contribution in [0.25, 0.3) is 0 Å². The lowest BCUT2D eigenvalue weighted by molar-refractivity contribution is -0.384. The van der Waals surface area contributed by atoms with Crippen molar-refractivity contribution in [3.05, 3.63) is 39.9 Å². The van der Waals surface area contributed by atoms with Crippen molar-refractivity contribution in [2.75, 3.05) is 13.1 Å². The maximum absolute atomic E-state index is 10.7. The lowest BCUT2D eigenvalue weighted by Gasteiger charge is -2.21. The predicted molar refractivity (Wildman–Crippen MR) is 62.3 cm³/mol. The van der Waals surface area contributed by atoms with Gasteiger partial charge in [0.2, 0.25) is 0 Å². The van der Waals surface area contributed by atoms with Crippen LogP contribution < -0.4 is 0 Å². The highest BCUT2D eigenvalue weighted by Gasteiger charge is 2.24. The summed E-state index contributed by atoms with van der Waals surface area (Å²) < 4.78 is 0. The SMILES string of the molecule is N#CC(c1cccc([N+](=O)[O-])c1)N1CCCC1. The van der Waals surface area contributed by atoms with Gasteiger partial charge in [0.1, 0.15) is 6.04 Å². The third-order valence-corrected chi connectivity index (χ3v) is 3.02. The molecule has 0 aliphatic carbocycles. The van der Waals surface area contributed by atoms with E-state index in [0.29, 0.717) is 5.56 Å². The number of benzene rings is 1. The van der Waals surface area contributed by atoms with Gasteiger partial charge in [0.25, 0.3) is 5.69 Å². The minimum Gasteiger partial charge on any atom is -0.284 e. The minimum absolute atomic E-state index is 0.0435. The molecule has 0 spiro atoms. The molecular weight excluding hydrogens is 218 g/mol. The maximum atomic E-state index is 10.7. The Hall–Kier alpha value is -1.93. The van der Waals surface area contributed by atoms with E-state index in [4.69, 9.17) is 0 Å². The molecule has 5 heteroatoms. The van der Waals surface area contributed by atoms with Crippen LogP contribution in [0.2, 0.25) is 0 Å². The summed E-state index contributed by atoms with van der Waals surface area (Å²) in [5.74, 6) is 0. The average Bonchev–Trinajstić information content (AvgIpc) is 2.84. The molecule has 2 rings (SSSR count). The van der Waals surface area contributed by atoms with Crippen LogP contribution >= 0.6 is 0 Å². The summed E-state index contributed by atoms with van der Waals surface area (Å²) in [6, 6.07) is 8.21. The molecule has 1 atom stereocenters. The van der Waals surface area contributed by atoms with Crippen molar-refractivity contribution in [2.24, 2.45) is 0 Å². The van der Waals surface area contributed by atoms with Crippen molar-refractivity contribution in [3.8, 4) is 6.07 Å². The van der Waals surface area contributed by atoms with Gasteiger partial charge >= 0.3 is 0 Å². The second-order valence-electron chi connectivity index (χ2n) is 4.13. The molecule has 0 N–H and O–H groups in total. The van der Waals surface area contributed by atoms with E-state index in [-0.39, 0.29) is 11.7 Å². The van der Waals surface area contributed by atoms with Gasteiger partial charge in [-0.15, -0.1) is 0 Å². The van der Waals surface area contributed by atoms with Gasteiger partial charge in [-0.2, -0.15) is 5.26 Å². The first-order valence-electron chi connectivity index (χ1n) is 5.60. The molecule has 0 saturated carbocycles. The molecule has 1 aliphatic heterocycles. The van der Waals surface area contributed by atoms with Crippen LogP contribution in [0.1, 0.15) is 24.4 Å². The molecule has 1 aromatic carbocycles. The summed E-state index contributed by atoms with van der Waals surface area (Å²) in [5, 5.41) is 19.9. The lowest BCUT2D eigenvalue weighted by atomic mass is 10.1. The summed E-state index contributed by atoms with van der Waals surface area (Å²) >= 11 is 0. The van der Waals surface area contributed by atoms with Crippen LogP contribution in [-0.4, -0.2) is 22.9 Å². The van der Waals surface area contributed by atoms with Gasteiger partial charge in [0.15, 0.2) is 0 Å². The first-order valence-corrected chi connectivity index (χ1v) is 5.60. The topological polar surface area (TPSA) is 70.2 Å². The van der Waals surface area contributed by atoms with E-state index in [0.717, 1.165) is 25.9 Å². The molecule has 0 radical (unpaired) electrons.